The van der Waals surface area contributed by atoms with Crippen LogP contribution in [0.4, 0.5) is 4.79 Å². The summed E-state index contributed by atoms with van der Waals surface area (Å²) < 4.78 is 26.7. The van der Waals surface area contributed by atoms with Crippen LogP contribution in [-0.2, 0) is 9.30 Å². The van der Waals surface area contributed by atoms with Crippen molar-refractivity contribution in [3.05, 3.63) is 95.6 Å². The first-order valence-corrected chi connectivity index (χ1v) is 13.5. The lowest BCUT2D eigenvalue weighted by molar-refractivity contribution is 0.110. The molecule has 3 aromatic carbocycles. The van der Waals surface area contributed by atoms with Crippen LogP contribution in [0.1, 0.15) is 37.0 Å². The zero-order valence-corrected chi connectivity index (χ0v) is 22.1. The van der Waals surface area contributed by atoms with Gasteiger partial charge in [-0.15, -0.1) is 0 Å². The molecule has 0 saturated heterocycles. The van der Waals surface area contributed by atoms with E-state index in [-0.39, 0.29) is 11.8 Å². The molecule has 0 saturated carbocycles. The van der Waals surface area contributed by atoms with E-state index in [0.717, 1.165) is 34.3 Å². The Balaban J connectivity index is 1.89. The molecule has 0 aliphatic rings. The Morgan fingerprint density at radius 2 is 1.41 bits per heavy atom. The normalized spacial score (nSPS) is 11.9. The maximum atomic E-state index is 11.7. The third-order valence-electron chi connectivity index (χ3n) is 5.56. The topological polar surface area (TPSA) is 106 Å². The van der Waals surface area contributed by atoms with E-state index < -0.39 is 7.82 Å². The molecule has 0 heterocycles. The van der Waals surface area contributed by atoms with E-state index in [2.05, 4.69) is 19.1 Å². The highest BCUT2D eigenvalue weighted by atomic mass is 31.2. The first kappa shape index (κ1) is 28.0. The molecule has 3 aromatic rings. The molecule has 196 valence electrons. The lowest BCUT2D eigenvalue weighted by Gasteiger charge is -2.18. The number of phosphoric ester groups is 1. The van der Waals surface area contributed by atoms with Crippen molar-refractivity contribution < 1.29 is 33.1 Å². The van der Waals surface area contributed by atoms with Crippen LogP contribution in [0.3, 0.4) is 0 Å². The van der Waals surface area contributed by atoms with Crippen molar-refractivity contribution in [2.75, 3.05) is 26.8 Å². The summed E-state index contributed by atoms with van der Waals surface area (Å²) in [6.45, 7) is 4.89. The number of nitrogens with zero attached hydrogens (tertiary/aromatic N) is 1. The summed E-state index contributed by atoms with van der Waals surface area (Å²) in [5.41, 5.74) is 5.03. The van der Waals surface area contributed by atoms with E-state index in [4.69, 9.17) is 23.8 Å². The summed E-state index contributed by atoms with van der Waals surface area (Å²) >= 11 is 0. The molecule has 1 amide bonds. The molecular formula is C28H32NO7P. The van der Waals surface area contributed by atoms with Crippen molar-refractivity contribution in [2.24, 2.45) is 0 Å². The third-order valence-corrected chi connectivity index (χ3v) is 6.01. The quantitative estimate of drug-likeness (QED) is 0.234. The average molecular weight is 526 g/mol. The fourth-order valence-electron chi connectivity index (χ4n) is 3.84. The maximum Gasteiger partial charge on any atom is 0.524 e. The largest absolute Gasteiger partial charge is 0.524 e. The Kier molecular flexibility index (Phi) is 9.92. The summed E-state index contributed by atoms with van der Waals surface area (Å²) in [5.74, 6) is 0.759. The second kappa shape index (κ2) is 13.1. The fraction of sp³-hybridized carbons (Fsp3) is 0.250. The molecule has 9 heteroatoms. The second-order valence-electron chi connectivity index (χ2n) is 8.17. The minimum Gasteiger partial charge on any atom is -0.492 e. The number of amides is 1. The number of benzene rings is 3. The molecule has 0 spiro atoms. The number of phosphoric acid groups is 1. The molecule has 0 radical (unpaired) electrons. The summed E-state index contributed by atoms with van der Waals surface area (Å²) in [7, 11) is -2.98. The Morgan fingerprint density at radius 3 is 1.92 bits per heavy atom. The summed E-state index contributed by atoms with van der Waals surface area (Å²) in [4.78, 5) is 31.4. The van der Waals surface area contributed by atoms with E-state index >= 15 is 0 Å². The van der Waals surface area contributed by atoms with Crippen molar-refractivity contribution in [2.45, 2.75) is 20.3 Å². The fourth-order valence-corrected chi connectivity index (χ4v) is 4.24. The lowest BCUT2D eigenvalue weighted by Crippen LogP contribution is -2.31. The highest BCUT2D eigenvalue weighted by Crippen LogP contribution is 2.39. The number of likely N-dealkylation sites (N-methyl/N-ethyl adjacent to an activating group) is 1. The van der Waals surface area contributed by atoms with Gasteiger partial charge in [-0.05, 0) is 65.4 Å². The SMILES string of the molecule is CCOC(=O)N(C)CCOc1ccc(/C(=C(\CC)c2ccccc2)c2ccc(OP(=O)(O)O)cc2)cc1. The van der Waals surface area contributed by atoms with Crippen LogP contribution in [0.15, 0.2) is 78.9 Å². The van der Waals surface area contributed by atoms with Crippen LogP contribution in [0, 0.1) is 0 Å². The Bertz CT molecular complexity index is 1240. The van der Waals surface area contributed by atoms with Crippen molar-refractivity contribution in [1.82, 2.24) is 4.90 Å². The standard InChI is InChI=1S/C28H32NO7P/c1-4-26(21-9-7-6-8-10-21)27(23-13-17-25(18-14-23)36-37(31,32)33)22-11-15-24(16-12-22)35-20-19-29(3)28(30)34-5-2/h6-18H,4-5,19-20H2,1-3H3,(H2,31,32,33)/b27-26-. The van der Waals surface area contributed by atoms with E-state index in [0.29, 0.717) is 25.5 Å². The van der Waals surface area contributed by atoms with Gasteiger partial charge in [0.25, 0.3) is 0 Å². The molecule has 37 heavy (non-hydrogen) atoms. The highest BCUT2D eigenvalue weighted by Gasteiger charge is 2.17. The molecular weight excluding hydrogens is 493 g/mol. The van der Waals surface area contributed by atoms with Crippen LogP contribution in [0.2, 0.25) is 0 Å². The predicted octanol–water partition coefficient (Wildman–Crippen LogP) is 5.99. The molecule has 0 aliphatic carbocycles. The van der Waals surface area contributed by atoms with Crippen molar-refractivity contribution in [3.63, 3.8) is 0 Å². The zero-order valence-electron chi connectivity index (χ0n) is 21.2. The Morgan fingerprint density at radius 1 is 0.838 bits per heavy atom. The molecule has 0 unspecified atom stereocenters. The van der Waals surface area contributed by atoms with E-state index in [1.54, 1.807) is 38.2 Å². The number of carbonyl (C=O) groups is 1. The summed E-state index contributed by atoms with van der Waals surface area (Å²) in [6.07, 6.45) is 0.375. The van der Waals surface area contributed by atoms with Gasteiger partial charge in [0, 0.05) is 7.05 Å². The smallest absolute Gasteiger partial charge is 0.492 e. The minimum absolute atomic E-state index is 0.0886. The first-order valence-electron chi connectivity index (χ1n) is 12.0. The van der Waals surface area contributed by atoms with E-state index in [9.17, 15) is 9.36 Å². The number of hydrogen-bond acceptors (Lipinski definition) is 5. The van der Waals surface area contributed by atoms with Crippen molar-refractivity contribution in [1.29, 1.82) is 0 Å². The predicted molar refractivity (Wildman–Crippen MR) is 143 cm³/mol. The number of rotatable bonds is 11. The molecule has 0 bridgehead atoms. The van der Waals surface area contributed by atoms with Gasteiger partial charge in [0.2, 0.25) is 0 Å². The van der Waals surface area contributed by atoms with Gasteiger partial charge in [-0.1, -0.05) is 61.5 Å². The average Bonchev–Trinajstić information content (AvgIpc) is 2.88. The van der Waals surface area contributed by atoms with Gasteiger partial charge >= 0.3 is 13.9 Å². The summed E-state index contributed by atoms with van der Waals surface area (Å²) in [5, 5.41) is 0. The Hall–Kier alpha value is -3.58. The van der Waals surface area contributed by atoms with Gasteiger partial charge in [0.05, 0.1) is 13.2 Å². The van der Waals surface area contributed by atoms with Crippen LogP contribution in [0.5, 0.6) is 11.5 Å². The first-order chi connectivity index (χ1) is 17.7. The van der Waals surface area contributed by atoms with Gasteiger partial charge in [-0.3, -0.25) is 9.79 Å². The zero-order chi connectivity index (χ0) is 26.8. The Labute approximate surface area is 217 Å². The number of ether oxygens (including phenoxy) is 2. The van der Waals surface area contributed by atoms with Gasteiger partial charge in [0.1, 0.15) is 18.1 Å². The highest BCUT2D eigenvalue weighted by molar-refractivity contribution is 7.46. The van der Waals surface area contributed by atoms with Gasteiger partial charge in [0.15, 0.2) is 0 Å². The molecule has 0 aromatic heterocycles. The van der Waals surface area contributed by atoms with Crippen LogP contribution >= 0.6 is 7.82 Å². The van der Waals surface area contributed by atoms with E-state index in [1.807, 2.05) is 42.5 Å². The minimum atomic E-state index is -4.64. The number of carbonyl (C=O) groups excluding carboxylic acids is 1. The van der Waals surface area contributed by atoms with Crippen molar-refractivity contribution in [3.8, 4) is 11.5 Å². The molecule has 0 atom stereocenters. The van der Waals surface area contributed by atoms with Gasteiger partial charge in [-0.2, -0.15) is 0 Å². The van der Waals surface area contributed by atoms with E-state index in [1.165, 1.54) is 4.90 Å². The second-order valence-corrected chi connectivity index (χ2v) is 9.34. The maximum absolute atomic E-state index is 11.7. The molecule has 0 aliphatic heterocycles. The molecule has 3 rings (SSSR count). The molecule has 2 N–H and O–H groups in total. The monoisotopic (exact) mass is 525 g/mol. The molecule has 0 fully saturated rings. The molecule has 8 nitrogen and oxygen atoms in total. The number of hydrogen-bond donors (Lipinski definition) is 2. The van der Waals surface area contributed by atoms with Crippen LogP contribution in [0.25, 0.3) is 11.1 Å². The lowest BCUT2D eigenvalue weighted by atomic mass is 9.88. The van der Waals surface area contributed by atoms with Gasteiger partial charge < -0.3 is 18.9 Å². The number of allylic oxidation sites excluding steroid dienone is 1. The van der Waals surface area contributed by atoms with Crippen molar-refractivity contribution >= 4 is 25.1 Å². The van der Waals surface area contributed by atoms with Crippen LogP contribution < -0.4 is 9.26 Å². The third kappa shape index (κ3) is 8.22. The summed E-state index contributed by atoms with van der Waals surface area (Å²) in [6, 6.07) is 24.4. The van der Waals surface area contributed by atoms with Crippen LogP contribution in [-0.4, -0.2) is 47.6 Å². The van der Waals surface area contributed by atoms with Gasteiger partial charge in [-0.25, -0.2) is 9.36 Å².